The highest BCUT2D eigenvalue weighted by Gasteiger charge is 2.40. The standard InChI is InChI=1S/C30H32O6/c1-30(29(33)35-18-21-8-5-7-19-6-3-4-9-23(19)21)14-12-22(13-15-30)36-27-17-25(28(31)32)26(34-2)16-24(27)20-10-11-20/h3-9,16-17,20,22H,10-15,18H2,1-2H3,(H,31,32)/t22-,30+. The maximum atomic E-state index is 13.1. The van der Waals surface area contributed by atoms with Crippen LogP contribution < -0.4 is 9.47 Å². The summed E-state index contributed by atoms with van der Waals surface area (Å²) in [6.45, 7) is 2.23. The summed E-state index contributed by atoms with van der Waals surface area (Å²) in [7, 11) is 1.49. The topological polar surface area (TPSA) is 82.1 Å². The lowest BCUT2D eigenvalue weighted by atomic mass is 9.74. The Hall–Kier alpha value is -3.54. The molecule has 0 bridgehead atoms. The number of carboxylic acid groups (broad SMARTS) is 1. The third-order valence-electron chi connectivity index (χ3n) is 7.64. The van der Waals surface area contributed by atoms with Crippen LogP contribution in [-0.4, -0.2) is 30.3 Å². The van der Waals surface area contributed by atoms with E-state index in [4.69, 9.17) is 14.2 Å². The number of carboxylic acids is 1. The second-order valence-electron chi connectivity index (χ2n) is 10.3. The van der Waals surface area contributed by atoms with Gasteiger partial charge in [0.15, 0.2) is 0 Å². The van der Waals surface area contributed by atoms with Crippen LogP contribution in [0.5, 0.6) is 11.5 Å². The molecule has 2 fully saturated rings. The summed E-state index contributed by atoms with van der Waals surface area (Å²) >= 11 is 0. The molecule has 6 heteroatoms. The number of benzene rings is 3. The first-order chi connectivity index (χ1) is 17.4. The lowest BCUT2D eigenvalue weighted by Crippen LogP contribution is -2.37. The number of aromatic carboxylic acids is 1. The van der Waals surface area contributed by atoms with E-state index in [1.165, 1.54) is 7.11 Å². The Morgan fingerprint density at radius 3 is 2.39 bits per heavy atom. The molecule has 6 nitrogen and oxygen atoms in total. The van der Waals surface area contributed by atoms with Gasteiger partial charge in [0.05, 0.1) is 18.6 Å². The zero-order chi connectivity index (χ0) is 25.3. The Morgan fingerprint density at radius 1 is 0.972 bits per heavy atom. The summed E-state index contributed by atoms with van der Waals surface area (Å²) in [6, 6.07) is 17.6. The molecular formula is C30H32O6. The lowest BCUT2D eigenvalue weighted by Gasteiger charge is -2.35. The zero-order valence-corrected chi connectivity index (χ0v) is 20.8. The van der Waals surface area contributed by atoms with Gasteiger partial charge in [-0.15, -0.1) is 0 Å². The average molecular weight is 489 g/mol. The SMILES string of the molecule is COc1cc(C2CC2)c(O[C@H]2CC[C@@](C)(C(=O)OCc3cccc4ccccc34)CC2)cc1C(=O)O. The first-order valence-corrected chi connectivity index (χ1v) is 12.6. The molecule has 2 aliphatic rings. The molecule has 0 heterocycles. The number of fused-ring (bicyclic) bond motifs is 1. The van der Waals surface area contributed by atoms with Gasteiger partial charge in [0.1, 0.15) is 23.7 Å². The second kappa shape index (κ2) is 9.84. The highest BCUT2D eigenvalue weighted by molar-refractivity contribution is 5.92. The van der Waals surface area contributed by atoms with Gasteiger partial charge >= 0.3 is 11.9 Å². The fraction of sp³-hybridized carbons (Fsp3) is 0.400. The smallest absolute Gasteiger partial charge is 0.339 e. The molecule has 0 radical (unpaired) electrons. The van der Waals surface area contributed by atoms with Crippen LogP contribution in [0.25, 0.3) is 10.8 Å². The number of carbonyl (C=O) groups excluding carboxylic acids is 1. The van der Waals surface area contributed by atoms with Gasteiger partial charge in [-0.2, -0.15) is 0 Å². The van der Waals surface area contributed by atoms with E-state index in [1.807, 2.05) is 43.3 Å². The van der Waals surface area contributed by atoms with Crippen molar-refractivity contribution in [1.29, 1.82) is 0 Å². The van der Waals surface area contributed by atoms with Crippen LogP contribution in [0.4, 0.5) is 0 Å². The third kappa shape index (κ3) is 4.90. The van der Waals surface area contributed by atoms with Crippen molar-refractivity contribution >= 4 is 22.7 Å². The predicted molar refractivity (Wildman–Crippen MR) is 137 cm³/mol. The zero-order valence-electron chi connectivity index (χ0n) is 20.8. The van der Waals surface area contributed by atoms with Gasteiger partial charge in [0.2, 0.25) is 0 Å². The molecule has 3 aromatic rings. The minimum Gasteiger partial charge on any atom is -0.496 e. The van der Waals surface area contributed by atoms with Crippen molar-refractivity contribution < 1.29 is 28.9 Å². The van der Waals surface area contributed by atoms with Crippen molar-refractivity contribution in [3.8, 4) is 11.5 Å². The average Bonchev–Trinajstić information content (AvgIpc) is 3.74. The van der Waals surface area contributed by atoms with Crippen LogP contribution in [0.2, 0.25) is 0 Å². The molecular weight excluding hydrogens is 456 g/mol. The molecule has 0 saturated heterocycles. The molecule has 3 aromatic carbocycles. The Morgan fingerprint density at radius 2 is 1.69 bits per heavy atom. The van der Waals surface area contributed by atoms with Crippen LogP contribution in [-0.2, 0) is 16.1 Å². The van der Waals surface area contributed by atoms with Crippen LogP contribution in [0, 0.1) is 5.41 Å². The summed E-state index contributed by atoms with van der Waals surface area (Å²) in [6.07, 6.45) is 4.79. The molecule has 0 spiro atoms. The lowest BCUT2D eigenvalue weighted by molar-refractivity contribution is -0.159. The predicted octanol–water partition coefficient (Wildman–Crippen LogP) is 6.50. The van der Waals surface area contributed by atoms with Gasteiger partial charge in [0, 0.05) is 5.56 Å². The van der Waals surface area contributed by atoms with Crippen molar-refractivity contribution in [1.82, 2.24) is 0 Å². The highest BCUT2D eigenvalue weighted by Crippen LogP contribution is 2.47. The van der Waals surface area contributed by atoms with E-state index in [0.29, 0.717) is 43.1 Å². The molecule has 36 heavy (non-hydrogen) atoms. The quantitative estimate of drug-likeness (QED) is 0.365. The summed E-state index contributed by atoms with van der Waals surface area (Å²) in [5, 5.41) is 11.8. The Kier molecular flexibility index (Phi) is 6.61. The first kappa shape index (κ1) is 24.2. The third-order valence-corrected chi connectivity index (χ3v) is 7.64. The van der Waals surface area contributed by atoms with Crippen molar-refractivity contribution in [2.24, 2.45) is 5.41 Å². The second-order valence-corrected chi connectivity index (χ2v) is 10.3. The number of methoxy groups -OCH3 is 1. The Balaban J connectivity index is 1.23. The molecule has 1 N–H and O–H groups in total. The molecule has 0 amide bonds. The van der Waals surface area contributed by atoms with Crippen molar-refractivity contribution in [3.63, 3.8) is 0 Å². The van der Waals surface area contributed by atoms with E-state index >= 15 is 0 Å². The first-order valence-electron chi connectivity index (χ1n) is 12.6. The van der Waals surface area contributed by atoms with E-state index in [9.17, 15) is 14.7 Å². The summed E-state index contributed by atoms with van der Waals surface area (Å²) in [5.41, 5.74) is 1.56. The maximum absolute atomic E-state index is 13.1. The minimum atomic E-state index is -1.04. The van der Waals surface area contributed by atoms with E-state index in [-0.39, 0.29) is 24.2 Å². The normalized spacial score (nSPS) is 21.7. The van der Waals surface area contributed by atoms with Gasteiger partial charge in [-0.3, -0.25) is 4.79 Å². The highest BCUT2D eigenvalue weighted by atomic mass is 16.5. The number of hydrogen-bond donors (Lipinski definition) is 1. The van der Waals surface area contributed by atoms with Crippen LogP contribution >= 0.6 is 0 Å². The molecule has 0 atom stereocenters. The van der Waals surface area contributed by atoms with Gasteiger partial charge in [0.25, 0.3) is 0 Å². The molecule has 0 unspecified atom stereocenters. The maximum Gasteiger partial charge on any atom is 0.339 e. The van der Waals surface area contributed by atoms with Gasteiger partial charge in [-0.25, -0.2) is 4.79 Å². The fourth-order valence-corrected chi connectivity index (χ4v) is 5.19. The number of rotatable bonds is 8. The van der Waals surface area contributed by atoms with Gasteiger partial charge in [-0.1, -0.05) is 42.5 Å². The number of esters is 1. The van der Waals surface area contributed by atoms with Crippen LogP contribution in [0.3, 0.4) is 0 Å². The molecule has 2 saturated carbocycles. The van der Waals surface area contributed by atoms with E-state index in [0.717, 1.165) is 34.7 Å². The van der Waals surface area contributed by atoms with E-state index in [1.54, 1.807) is 6.07 Å². The van der Waals surface area contributed by atoms with E-state index < -0.39 is 11.4 Å². The fourth-order valence-electron chi connectivity index (χ4n) is 5.19. The molecule has 188 valence electrons. The van der Waals surface area contributed by atoms with Gasteiger partial charge < -0.3 is 19.3 Å². The summed E-state index contributed by atoms with van der Waals surface area (Å²) in [4.78, 5) is 24.8. The van der Waals surface area contributed by atoms with Crippen molar-refractivity contribution in [2.45, 2.75) is 64.1 Å². The number of ether oxygens (including phenoxy) is 3. The molecule has 5 rings (SSSR count). The minimum absolute atomic E-state index is 0.0727. The van der Waals surface area contributed by atoms with Crippen molar-refractivity contribution in [3.05, 3.63) is 71.3 Å². The summed E-state index contributed by atoms with van der Waals surface area (Å²) in [5.74, 6) is 0.161. The monoisotopic (exact) mass is 488 g/mol. The van der Waals surface area contributed by atoms with E-state index in [2.05, 4.69) is 12.1 Å². The largest absolute Gasteiger partial charge is 0.496 e. The molecule has 0 aliphatic heterocycles. The summed E-state index contributed by atoms with van der Waals surface area (Å²) < 4.78 is 17.5. The van der Waals surface area contributed by atoms with Crippen LogP contribution in [0.15, 0.2) is 54.6 Å². The molecule has 2 aliphatic carbocycles. The Bertz CT molecular complexity index is 1280. The van der Waals surface area contributed by atoms with Crippen molar-refractivity contribution in [2.75, 3.05) is 7.11 Å². The number of hydrogen-bond acceptors (Lipinski definition) is 5. The molecule has 0 aromatic heterocycles. The van der Waals surface area contributed by atoms with Crippen LogP contribution in [0.1, 0.15) is 72.9 Å². The Labute approximate surface area is 211 Å². The number of carbonyl (C=O) groups is 2. The van der Waals surface area contributed by atoms with Gasteiger partial charge in [-0.05, 0) is 79.8 Å².